The van der Waals surface area contributed by atoms with E-state index in [2.05, 4.69) is 34.9 Å². The van der Waals surface area contributed by atoms with Crippen molar-refractivity contribution in [3.63, 3.8) is 0 Å². The van der Waals surface area contributed by atoms with E-state index in [-0.39, 0.29) is 31.4 Å². The molecule has 4 rings (SSSR count). The summed E-state index contributed by atoms with van der Waals surface area (Å²) >= 11 is 0. The van der Waals surface area contributed by atoms with Crippen molar-refractivity contribution in [3.05, 3.63) is 30.3 Å². The highest BCUT2D eigenvalue weighted by Crippen LogP contribution is 2.43. The number of carbonyl (C=O) groups excluding carboxylic acids is 1. The predicted octanol–water partition coefficient (Wildman–Crippen LogP) is 5.25. The van der Waals surface area contributed by atoms with Crippen molar-refractivity contribution in [2.75, 3.05) is 25.6 Å². The Hall–Kier alpha value is -3.05. The summed E-state index contributed by atoms with van der Waals surface area (Å²) in [5.74, 6) is -1.10. The van der Waals surface area contributed by atoms with Crippen LogP contribution in [0.5, 0.6) is 11.6 Å². The highest BCUT2D eigenvalue weighted by Gasteiger charge is 2.43. The summed E-state index contributed by atoms with van der Waals surface area (Å²) in [6, 6.07) is 4.40. The van der Waals surface area contributed by atoms with Gasteiger partial charge >= 0.3 is 0 Å². The Morgan fingerprint density at radius 1 is 1.31 bits per heavy atom. The highest BCUT2D eigenvalue weighted by atomic mass is 28.3. The minimum absolute atomic E-state index is 0.0307. The highest BCUT2D eigenvalue weighted by molar-refractivity contribution is 6.76. The molecule has 0 spiro atoms. The number of alkyl halides is 1. The van der Waals surface area contributed by atoms with Crippen LogP contribution >= 0.6 is 0 Å². The number of nitrogens with one attached hydrogen (secondary N) is 1. The molecular weight excluding hydrogens is 486 g/mol. The monoisotopic (exact) mass is 518 g/mol. The second kappa shape index (κ2) is 10.5. The molecule has 3 aromatic heterocycles. The molecule has 2 atom stereocenters. The average Bonchev–Trinajstić information content (AvgIpc) is 3.46. The number of halogens is 2. The lowest BCUT2D eigenvalue weighted by Crippen LogP contribution is -2.22. The maximum absolute atomic E-state index is 14.8. The van der Waals surface area contributed by atoms with E-state index in [9.17, 15) is 13.6 Å². The zero-order chi connectivity index (χ0) is 26.0. The van der Waals surface area contributed by atoms with Crippen LogP contribution in [0.4, 0.5) is 14.6 Å². The lowest BCUT2D eigenvalue weighted by molar-refractivity contribution is -0.117. The molecule has 194 valence electrons. The van der Waals surface area contributed by atoms with Gasteiger partial charge in [0, 0.05) is 31.8 Å². The Morgan fingerprint density at radius 2 is 2.06 bits per heavy atom. The normalized spacial score (nSPS) is 17.3. The van der Waals surface area contributed by atoms with Gasteiger partial charge in [0.1, 0.15) is 24.4 Å². The van der Waals surface area contributed by atoms with Crippen LogP contribution in [0.25, 0.3) is 22.2 Å². The summed E-state index contributed by atoms with van der Waals surface area (Å²) in [6.07, 6.45) is 1.98. The summed E-state index contributed by atoms with van der Waals surface area (Å²) in [4.78, 5) is 21.0. The molecule has 2 unspecified atom stereocenters. The van der Waals surface area contributed by atoms with Gasteiger partial charge in [-0.2, -0.15) is 0 Å². The number of rotatable bonds is 11. The number of fused-ring (bicyclic) bond motifs is 1. The van der Waals surface area contributed by atoms with Crippen molar-refractivity contribution in [1.29, 1.82) is 0 Å². The van der Waals surface area contributed by atoms with Crippen molar-refractivity contribution >= 4 is 30.8 Å². The molecule has 1 N–H and O–H groups in total. The van der Waals surface area contributed by atoms with E-state index >= 15 is 0 Å². The van der Waals surface area contributed by atoms with Gasteiger partial charge in [0.05, 0.1) is 31.4 Å². The number of amides is 1. The lowest BCUT2D eigenvalue weighted by Gasteiger charge is -2.15. The number of hydrogen-bond donors (Lipinski definition) is 1. The number of hydrogen-bond acceptors (Lipinski definition) is 6. The molecule has 1 amide bonds. The van der Waals surface area contributed by atoms with Crippen LogP contribution < -0.4 is 14.8 Å². The molecule has 0 bridgehead atoms. The summed E-state index contributed by atoms with van der Waals surface area (Å²) < 4.78 is 46.9. The summed E-state index contributed by atoms with van der Waals surface area (Å²) in [5.41, 5.74) is 1.47. The third-order valence-electron chi connectivity index (χ3n) is 5.95. The van der Waals surface area contributed by atoms with Crippen molar-refractivity contribution in [2.45, 2.75) is 51.9 Å². The van der Waals surface area contributed by atoms with Crippen LogP contribution in [0.1, 0.15) is 13.3 Å². The molecule has 0 aliphatic heterocycles. The van der Waals surface area contributed by atoms with Crippen LogP contribution in [0.15, 0.2) is 24.5 Å². The zero-order valence-corrected chi connectivity index (χ0v) is 22.2. The van der Waals surface area contributed by atoms with Gasteiger partial charge in [0.25, 0.3) is 0 Å². The molecule has 1 aliphatic rings. The van der Waals surface area contributed by atoms with Gasteiger partial charge in [-0.15, -0.1) is 0 Å². The first-order valence-electron chi connectivity index (χ1n) is 12.0. The quantitative estimate of drug-likeness (QED) is 0.275. The topological polar surface area (TPSA) is 87.5 Å². The number of pyridine rings is 2. The van der Waals surface area contributed by atoms with E-state index in [1.54, 1.807) is 29.8 Å². The largest absolute Gasteiger partial charge is 0.490 e. The number of nitrogens with zero attached hydrogens (tertiary/aromatic N) is 3. The summed E-state index contributed by atoms with van der Waals surface area (Å²) in [6.45, 7) is 9.64. The molecule has 1 aliphatic carbocycles. The third kappa shape index (κ3) is 5.67. The van der Waals surface area contributed by atoms with Gasteiger partial charge in [-0.25, -0.2) is 18.7 Å². The van der Waals surface area contributed by atoms with E-state index in [4.69, 9.17) is 14.2 Å². The number of anilines is 1. The SMILES string of the molecule is CCOc1c(F)cnc(OC)c1-c1cn(COCC[Si](C)(C)C)c2nc(NC(=O)C3CC3F)ccc12. The molecule has 0 saturated heterocycles. The second-order valence-electron chi connectivity index (χ2n) is 10.0. The molecule has 3 aromatic rings. The van der Waals surface area contributed by atoms with E-state index in [1.807, 2.05) is 0 Å². The van der Waals surface area contributed by atoms with Crippen LogP contribution in [-0.2, 0) is 16.3 Å². The molecule has 8 nitrogen and oxygen atoms in total. The van der Waals surface area contributed by atoms with Crippen LogP contribution in [0.2, 0.25) is 25.7 Å². The molecule has 0 aromatic carbocycles. The standard InChI is InChI=1S/C25H32F2N4O4Si/c1-6-35-22-19(27)12-28-25(33-2)21(22)17-13-31(14-34-9-10-36(3,4)5)23-15(17)7-8-20(29-23)30-24(32)16-11-18(16)26/h7-8,12-13,16,18H,6,9-11,14H2,1-5H3,(H,29,30,32). The second-order valence-corrected chi connectivity index (χ2v) is 15.6. The predicted molar refractivity (Wildman–Crippen MR) is 136 cm³/mol. The van der Waals surface area contributed by atoms with Crippen molar-refractivity contribution in [3.8, 4) is 22.8 Å². The first-order chi connectivity index (χ1) is 17.1. The molecule has 3 heterocycles. The van der Waals surface area contributed by atoms with E-state index < -0.39 is 31.9 Å². The maximum atomic E-state index is 14.8. The molecule has 1 fully saturated rings. The van der Waals surface area contributed by atoms with Crippen molar-refractivity contribution in [1.82, 2.24) is 14.5 Å². The fourth-order valence-electron chi connectivity index (χ4n) is 3.86. The Labute approximate surface area is 210 Å². The van der Waals surface area contributed by atoms with E-state index in [1.165, 1.54) is 7.11 Å². The summed E-state index contributed by atoms with van der Waals surface area (Å²) in [7, 11) is 0.178. The molecule has 0 radical (unpaired) electrons. The van der Waals surface area contributed by atoms with Gasteiger partial charge in [0.15, 0.2) is 11.6 Å². The van der Waals surface area contributed by atoms with E-state index in [0.717, 1.165) is 12.2 Å². The number of ether oxygens (including phenoxy) is 3. The van der Waals surface area contributed by atoms with Crippen molar-refractivity contribution < 1.29 is 27.8 Å². The lowest BCUT2D eigenvalue weighted by atomic mass is 10.1. The number of carbonyl (C=O) groups is 1. The van der Waals surface area contributed by atoms with Gasteiger partial charge < -0.3 is 24.1 Å². The Balaban J connectivity index is 1.76. The average molecular weight is 519 g/mol. The van der Waals surface area contributed by atoms with Gasteiger partial charge in [0.2, 0.25) is 11.8 Å². The number of methoxy groups -OCH3 is 1. The first-order valence-corrected chi connectivity index (χ1v) is 15.7. The number of aromatic nitrogens is 3. The van der Waals surface area contributed by atoms with Gasteiger partial charge in [-0.1, -0.05) is 19.6 Å². The molecule has 1 saturated carbocycles. The Bertz CT molecular complexity index is 1260. The van der Waals surface area contributed by atoms with Crippen LogP contribution in [0.3, 0.4) is 0 Å². The Kier molecular flexibility index (Phi) is 7.60. The molecule has 11 heteroatoms. The first kappa shape index (κ1) is 26.0. The minimum Gasteiger partial charge on any atom is -0.490 e. The van der Waals surface area contributed by atoms with E-state index in [0.29, 0.717) is 34.6 Å². The fourth-order valence-corrected chi connectivity index (χ4v) is 4.62. The van der Waals surface area contributed by atoms with Gasteiger partial charge in [-0.05, 0) is 31.5 Å². The molecular formula is C25H32F2N4O4Si. The van der Waals surface area contributed by atoms with Crippen LogP contribution in [-0.4, -0.2) is 55.0 Å². The maximum Gasteiger partial charge on any atom is 0.231 e. The van der Waals surface area contributed by atoms with Crippen molar-refractivity contribution in [2.24, 2.45) is 5.92 Å². The van der Waals surface area contributed by atoms with Gasteiger partial charge in [-0.3, -0.25) is 4.79 Å². The fraction of sp³-hybridized carbons (Fsp3) is 0.480. The smallest absolute Gasteiger partial charge is 0.231 e. The van der Waals surface area contributed by atoms with Crippen LogP contribution in [0, 0.1) is 11.7 Å². The third-order valence-corrected chi connectivity index (χ3v) is 7.66. The summed E-state index contributed by atoms with van der Waals surface area (Å²) in [5, 5.41) is 3.36. The Morgan fingerprint density at radius 3 is 2.69 bits per heavy atom. The molecule has 36 heavy (non-hydrogen) atoms. The zero-order valence-electron chi connectivity index (χ0n) is 21.2. The minimum atomic E-state index is -1.28.